The maximum absolute atomic E-state index is 11.9. The van der Waals surface area contributed by atoms with Crippen molar-refractivity contribution < 1.29 is 14.6 Å². The highest BCUT2D eigenvalue weighted by atomic mass is 35.5. The van der Waals surface area contributed by atoms with Crippen molar-refractivity contribution in [2.45, 2.75) is 50.9 Å². The Morgan fingerprint density at radius 3 is 2.35 bits per heavy atom. The molecule has 2 aliphatic rings. The first-order valence-corrected chi connectivity index (χ1v) is 10.0. The van der Waals surface area contributed by atoms with E-state index < -0.39 is 6.10 Å². The number of rotatable bonds is 4. The Bertz CT molecular complexity index is 625. The predicted octanol–water partition coefficient (Wildman–Crippen LogP) is 3.21. The quantitative estimate of drug-likeness (QED) is 0.842. The topological polar surface area (TPSA) is 53.0 Å². The van der Waals surface area contributed by atoms with E-state index in [2.05, 4.69) is 4.90 Å². The van der Waals surface area contributed by atoms with Crippen molar-refractivity contribution in [3.63, 3.8) is 0 Å². The van der Waals surface area contributed by atoms with E-state index in [-0.39, 0.29) is 12.0 Å². The Hall–Kier alpha value is -1.01. The van der Waals surface area contributed by atoms with E-state index in [1.165, 1.54) is 6.92 Å². The number of nitrogens with zero attached hydrogens (tertiary/aromatic N) is 2. The molecule has 1 unspecified atom stereocenters. The summed E-state index contributed by atoms with van der Waals surface area (Å²) >= 11 is 12.0. The molecule has 0 aliphatic carbocycles. The van der Waals surface area contributed by atoms with Crippen molar-refractivity contribution >= 4 is 29.1 Å². The van der Waals surface area contributed by atoms with Crippen LogP contribution < -0.4 is 4.74 Å². The number of carbonyl (C=O) groups is 1. The van der Waals surface area contributed by atoms with Gasteiger partial charge >= 0.3 is 0 Å². The number of hydrogen-bond acceptors (Lipinski definition) is 4. The highest BCUT2D eigenvalue weighted by Gasteiger charge is 2.31. The lowest BCUT2D eigenvalue weighted by Crippen LogP contribution is -2.51. The second-order valence-corrected chi connectivity index (χ2v) is 7.98. The molecule has 3 rings (SSSR count). The minimum absolute atomic E-state index is 0.155. The van der Waals surface area contributed by atoms with Gasteiger partial charge in [0.15, 0.2) is 0 Å². The molecule has 0 aromatic heterocycles. The zero-order valence-corrected chi connectivity index (χ0v) is 16.5. The van der Waals surface area contributed by atoms with E-state index in [4.69, 9.17) is 27.9 Å². The highest BCUT2D eigenvalue weighted by Crippen LogP contribution is 2.29. The second kappa shape index (κ2) is 8.79. The SMILES string of the molecule is CC(O)C(=O)N1CCC(N2CCC(Oc3ccc(Cl)c(Cl)c3)CC2)CC1. The van der Waals surface area contributed by atoms with Gasteiger partial charge in [-0.2, -0.15) is 0 Å². The van der Waals surface area contributed by atoms with Crippen LogP contribution in [-0.4, -0.2) is 65.2 Å². The third kappa shape index (κ3) is 4.83. The number of halogens is 2. The zero-order chi connectivity index (χ0) is 18.7. The van der Waals surface area contributed by atoms with Crippen LogP contribution in [0, 0.1) is 0 Å². The number of ether oxygens (including phenoxy) is 1. The molecule has 1 N–H and O–H groups in total. The molecule has 5 nitrogen and oxygen atoms in total. The molecule has 2 fully saturated rings. The molecule has 1 aromatic rings. The molecule has 0 saturated carbocycles. The number of hydrogen-bond donors (Lipinski definition) is 1. The smallest absolute Gasteiger partial charge is 0.251 e. The summed E-state index contributed by atoms with van der Waals surface area (Å²) in [5.74, 6) is 0.611. The van der Waals surface area contributed by atoms with Crippen LogP contribution in [0.15, 0.2) is 18.2 Å². The van der Waals surface area contributed by atoms with E-state index in [0.29, 0.717) is 16.1 Å². The van der Waals surface area contributed by atoms with E-state index in [1.807, 2.05) is 6.07 Å². The summed E-state index contributed by atoms with van der Waals surface area (Å²) in [5, 5.41) is 10.5. The third-order valence-electron chi connectivity index (χ3n) is 5.32. The van der Waals surface area contributed by atoms with E-state index in [1.54, 1.807) is 17.0 Å². The van der Waals surface area contributed by atoms with Crippen LogP contribution in [0.5, 0.6) is 5.75 Å². The molecule has 2 saturated heterocycles. The largest absolute Gasteiger partial charge is 0.490 e. The summed E-state index contributed by atoms with van der Waals surface area (Å²) < 4.78 is 6.05. The molecule has 0 radical (unpaired) electrons. The number of benzene rings is 1. The van der Waals surface area contributed by atoms with Gasteiger partial charge in [0.2, 0.25) is 0 Å². The Kier molecular flexibility index (Phi) is 6.67. The van der Waals surface area contributed by atoms with Crippen molar-refractivity contribution in [1.82, 2.24) is 9.80 Å². The van der Waals surface area contributed by atoms with Gasteiger partial charge in [-0.1, -0.05) is 23.2 Å². The van der Waals surface area contributed by atoms with Crippen LogP contribution in [0.25, 0.3) is 0 Å². The van der Waals surface area contributed by atoms with Crippen molar-refractivity contribution in [3.8, 4) is 5.75 Å². The van der Waals surface area contributed by atoms with Gasteiger partial charge in [0.05, 0.1) is 10.0 Å². The minimum atomic E-state index is -0.902. The maximum Gasteiger partial charge on any atom is 0.251 e. The highest BCUT2D eigenvalue weighted by molar-refractivity contribution is 6.42. The fourth-order valence-corrected chi connectivity index (χ4v) is 4.11. The zero-order valence-electron chi connectivity index (χ0n) is 15.0. The van der Waals surface area contributed by atoms with Crippen LogP contribution in [-0.2, 0) is 4.79 Å². The van der Waals surface area contributed by atoms with Crippen molar-refractivity contribution in [2.75, 3.05) is 26.2 Å². The molecular weight excluding hydrogens is 375 g/mol. The number of aliphatic hydroxyl groups is 1. The molecule has 1 atom stereocenters. The van der Waals surface area contributed by atoms with Gasteiger partial charge in [0.1, 0.15) is 18.0 Å². The van der Waals surface area contributed by atoms with Crippen LogP contribution in [0.4, 0.5) is 0 Å². The fraction of sp³-hybridized carbons (Fsp3) is 0.632. The summed E-state index contributed by atoms with van der Waals surface area (Å²) in [7, 11) is 0. The normalized spacial score (nSPS) is 21.6. The number of likely N-dealkylation sites (tertiary alicyclic amines) is 2. The lowest BCUT2D eigenvalue weighted by molar-refractivity contribution is -0.140. The van der Waals surface area contributed by atoms with Gasteiger partial charge in [-0.15, -0.1) is 0 Å². The van der Waals surface area contributed by atoms with Gasteiger partial charge in [-0.25, -0.2) is 0 Å². The number of carbonyl (C=O) groups excluding carboxylic acids is 1. The average Bonchev–Trinajstić information content (AvgIpc) is 2.65. The molecule has 0 bridgehead atoms. The standard InChI is InChI=1S/C19H26Cl2N2O3/c1-13(24)19(25)23-8-4-14(5-9-23)22-10-6-15(7-11-22)26-16-2-3-17(20)18(21)12-16/h2-3,12-15,24H,4-11H2,1H3. The molecule has 1 aromatic carbocycles. The van der Waals surface area contributed by atoms with Crippen molar-refractivity contribution in [3.05, 3.63) is 28.2 Å². The van der Waals surface area contributed by atoms with Crippen molar-refractivity contribution in [2.24, 2.45) is 0 Å². The lowest BCUT2D eigenvalue weighted by Gasteiger charge is -2.42. The third-order valence-corrected chi connectivity index (χ3v) is 6.06. The van der Waals surface area contributed by atoms with Crippen LogP contribution in [0.3, 0.4) is 0 Å². The fourth-order valence-electron chi connectivity index (χ4n) is 3.82. The lowest BCUT2D eigenvalue weighted by atomic mass is 9.98. The summed E-state index contributed by atoms with van der Waals surface area (Å²) in [6.07, 6.45) is 3.19. The molecule has 144 valence electrons. The second-order valence-electron chi connectivity index (χ2n) is 7.16. The number of amides is 1. The van der Waals surface area contributed by atoms with Crippen LogP contribution in [0.2, 0.25) is 10.0 Å². The summed E-state index contributed by atoms with van der Waals surface area (Å²) in [6, 6.07) is 5.90. The Morgan fingerprint density at radius 2 is 1.77 bits per heavy atom. The van der Waals surface area contributed by atoms with Crippen LogP contribution in [0.1, 0.15) is 32.6 Å². The van der Waals surface area contributed by atoms with Gasteiger partial charge in [0.25, 0.3) is 5.91 Å². The van der Waals surface area contributed by atoms with Gasteiger partial charge in [-0.05, 0) is 44.7 Å². The summed E-state index contributed by atoms with van der Waals surface area (Å²) in [5.41, 5.74) is 0. The summed E-state index contributed by atoms with van der Waals surface area (Å²) in [4.78, 5) is 16.2. The molecule has 0 spiro atoms. The molecular formula is C19H26Cl2N2O3. The van der Waals surface area contributed by atoms with Crippen molar-refractivity contribution in [1.29, 1.82) is 0 Å². The Balaban J connectivity index is 1.44. The minimum Gasteiger partial charge on any atom is -0.490 e. The monoisotopic (exact) mass is 400 g/mol. The molecule has 7 heteroatoms. The Morgan fingerprint density at radius 1 is 1.12 bits per heavy atom. The molecule has 26 heavy (non-hydrogen) atoms. The van der Waals surface area contributed by atoms with Gasteiger partial charge in [0, 0.05) is 38.3 Å². The summed E-state index contributed by atoms with van der Waals surface area (Å²) in [6.45, 7) is 5.00. The average molecular weight is 401 g/mol. The van der Waals surface area contributed by atoms with Gasteiger partial charge in [-0.3, -0.25) is 9.69 Å². The van der Waals surface area contributed by atoms with E-state index in [9.17, 15) is 9.90 Å². The molecule has 2 heterocycles. The molecule has 2 aliphatic heterocycles. The van der Waals surface area contributed by atoms with E-state index >= 15 is 0 Å². The van der Waals surface area contributed by atoms with Crippen LogP contribution >= 0.6 is 23.2 Å². The maximum atomic E-state index is 11.9. The Labute approximate surface area is 164 Å². The van der Waals surface area contributed by atoms with E-state index in [0.717, 1.165) is 57.6 Å². The van der Waals surface area contributed by atoms with Gasteiger partial charge < -0.3 is 14.7 Å². The number of aliphatic hydroxyl groups excluding tert-OH is 1. The predicted molar refractivity (Wildman–Crippen MR) is 103 cm³/mol. The first-order valence-electron chi connectivity index (χ1n) is 9.26. The first-order chi connectivity index (χ1) is 12.4. The number of piperidine rings is 2. The molecule has 1 amide bonds. The first kappa shape index (κ1) is 19.7.